The Balaban J connectivity index is 4.96. The summed E-state index contributed by atoms with van der Waals surface area (Å²) in [6.45, 7) is 0. The average molecular weight is 228 g/mol. The van der Waals surface area contributed by atoms with Crippen molar-refractivity contribution in [2.24, 2.45) is 0 Å². The molecule has 0 aliphatic heterocycles. The van der Waals surface area contributed by atoms with E-state index in [9.17, 15) is 26.3 Å². The molecule has 0 N–H and O–H groups in total. The first-order chi connectivity index (χ1) is 5.07. The highest BCUT2D eigenvalue weighted by Gasteiger charge is 2.42. The van der Waals surface area contributed by atoms with Gasteiger partial charge < -0.3 is 0 Å². The number of hydrogen-bond acceptors (Lipinski definition) is 2. The lowest BCUT2D eigenvalue weighted by atomic mass is 10.4. The lowest BCUT2D eigenvalue weighted by Gasteiger charge is -2.11. The molecule has 0 nitrogen and oxygen atoms in total. The van der Waals surface area contributed by atoms with E-state index < -0.39 is 22.2 Å². The zero-order valence-corrected chi connectivity index (χ0v) is 6.95. The number of alkyl halides is 6. The number of rotatable bonds is 0. The molecule has 0 aromatic heterocycles. The summed E-state index contributed by atoms with van der Waals surface area (Å²) in [4.78, 5) is -4.09. The van der Waals surface area contributed by atoms with E-state index in [1.807, 2.05) is 0 Å². The van der Waals surface area contributed by atoms with Crippen LogP contribution in [0.15, 0.2) is 9.81 Å². The molecule has 0 heterocycles. The average Bonchev–Trinajstić information content (AvgIpc) is 1.80. The fraction of sp³-hybridized carbons (Fsp3) is 0.500. The first-order valence-electron chi connectivity index (χ1n) is 2.33. The van der Waals surface area contributed by atoms with E-state index >= 15 is 0 Å². The van der Waals surface area contributed by atoms with Gasteiger partial charge >= 0.3 is 12.4 Å². The maximum Gasteiger partial charge on any atom is 0.423 e. The SMILES string of the molecule is FC(F)(F)C(S)=C(S)C(F)(F)F. The molecule has 0 radical (unpaired) electrons. The van der Waals surface area contributed by atoms with E-state index in [2.05, 4.69) is 25.3 Å². The molecule has 0 spiro atoms. The molecule has 12 heavy (non-hydrogen) atoms. The maximum atomic E-state index is 11.5. The first kappa shape index (κ1) is 12.0. The first-order valence-corrected chi connectivity index (χ1v) is 3.23. The maximum absolute atomic E-state index is 11.5. The third kappa shape index (κ3) is 3.18. The second kappa shape index (κ2) is 3.41. The highest BCUT2D eigenvalue weighted by atomic mass is 32.1. The van der Waals surface area contributed by atoms with Crippen molar-refractivity contribution in [2.45, 2.75) is 12.4 Å². The smallest absolute Gasteiger partial charge is 0.166 e. The van der Waals surface area contributed by atoms with E-state index in [-0.39, 0.29) is 0 Å². The fourth-order valence-electron chi connectivity index (χ4n) is 0.269. The van der Waals surface area contributed by atoms with Crippen molar-refractivity contribution in [1.29, 1.82) is 0 Å². The Morgan fingerprint density at radius 2 is 0.833 bits per heavy atom. The second-order valence-corrected chi connectivity index (χ2v) is 2.59. The summed E-state index contributed by atoms with van der Waals surface area (Å²) in [5.41, 5.74) is 0. The summed E-state index contributed by atoms with van der Waals surface area (Å²) in [5, 5.41) is 0. The minimum absolute atomic E-state index is 2.04. The molecule has 8 heteroatoms. The third-order valence-corrected chi connectivity index (χ3v) is 1.89. The van der Waals surface area contributed by atoms with Crippen LogP contribution in [0.3, 0.4) is 0 Å². The summed E-state index contributed by atoms with van der Waals surface area (Å²) in [6.07, 6.45) is -10.2. The molecule has 0 fully saturated rings. The van der Waals surface area contributed by atoms with Crippen LogP contribution < -0.4 is 0 Å². The minimum Gasteiger partial charge on any atom is -0.166 e. The van der Waals surface area contributed by atoms with Gasteiger partial charge in [-0.3, -0.25) is 0 Å². The Labute approximate surface area is 74.4 Å². The Morgan fingerprint density at radius 3 is 0.917 bits per heavy atom. The van der Waals surface area contributed by atoms with Crippen LogP contribution in [-0.2, 0) is 0 Å². The van der Waals surface area contributed by atoms with Crippen LogP contribution in [0.2, 0.25) is 0 Å². The number of thiol groups is 2. The van der Waals surface area contributed by atoms with E-state index in [1.54, 1.807) is 0 Å². The molecule has 0 aliphatic carbocycles. The lowest BCUT2D eigenvalue weighted by Crippen LogP contribution is -2.16. The van der Waals surface area contributed by atoms with Crippen LogP contribution in [0.5, 0.6) is 0 Å². The molecule has 72 valence electrons. The van der Waals surface area contributed by atoms with Gasteiger partial charge in [-0.05, 0) is 0 Å². The molecular formula is C4H2F6S2. The number of hydrogen-bond donors (Lipinski definition) is 2. The van der Waals surface area contributed by atoms with Gasteiger partial charge in [0.2, 0.25) is 0 Å². The molecule has 0 aromatic rings. The highest BCUT2D eigenvalue weighted by Crippen LogP contribution is 2.39. The van der Waals surface area contributed by atoms with Gasteiger partial charge in [0.25, 0.3) is 0 Å². The largest absolute Gasteiger partial charge is 0.423 e. The number of allylic oxidation sites excluding steroid dienone is 2. The van der Waals surface area contributed by atoms with Crippen LogP contribution >= 0.6 is 25.3 Å². The molecule has 0 aromatic carbocycles. The molecule has 0 aliphatic rings. The molecule has 0 bridgehead atoms. The molecule has 0 saturated carbocycles. The topological polar surface area (TPSA) is 0 Å². The quantitative estimate of drug-likeness (QED) is 0.461. The van der Waals surface area contributed by atoms with Crippen LogP contribution in [-0.4, -0.2) is 12.4 Å². The molecular weight excluding hydrogens is 226 g/mol. The van der Waals surface area contributed by atoms with Gasteiger partial charge in [0.1, 0.15) is 9.81 Å². The zero-order valence-electron chi connectivity index (χ0n) is 5.16. The molecule has 0 unspecified atom stereocenters. The van der Waals surface area contributed by atoms with Crippen LogP contribution in [0.1, 0.15) is 0 Å². The van der Waals surface area contributed by atoms with E-state index in [0.717, 1.165) is 0 Å². The molecule has 0 amide bonds. The van der Waals surface area contributed by atoms with Gasteiger partial charge in [0.15, 0.2) is 0 Å². The Bertz CT molecular complexity index is 177. The highest BCUT2D eigenvalue weighted by molar-refractivity contribution is 7.88. The molecule has 0 atom stereocenters. The summed E-state index contributed by atoms with van der Waals surface area (Å²) >= 11 is 5.31. The normalized spacial score (nSPS) is 16.0. The molecule has 0 rings (SSSR count). The van der Waals surface area contributed by atoms with Crippen molar-refractivity contribution in [3.05, 3.63) is 9.81 Å². The number of halogens is 6. The summed E-state index contributed by atoms with van der Waals surface area (Å²) in [6, 6.07) is 0. The van der Waals surface area contributed by atoms with Crippen molar-refractivity contribution in [2.75, 3.05) is 0 Å². The summed E-state index contributed by atoms with van der Waals surface area (Å²) in [7, 11) is 0. The van der Waals surface area contributed by atoms with Gasteiger partial charge in [-0.1, -0.05) is 0 Å². The van der Waals surface area contributed by atoms with Gasteiger partial charge in [-0.15, -0.1) is 25.3 Å². The Kier molecular flexibility index (Phi) is 3.41. The van der Waals surface area contributed by atoms with E-state index in [4.69, 9.17) is 0 Å². The van der Waals surface area contributed by atoms with Crippen LogP contribution in [0.4, 0.5) is 26.3 Å². The van der Waals surface area contributed by atoms with E-state index in [1.165, 1.54) is 0 Å². The monoisotopic (exact) mass is 228 g/mol. The van der Waals surface area contributed by atoms with Gasteiger partial charge in [-0.25, -0.2) is 0 Å². The lowest BCUT2D eigenvalue weighted by molar-refractivity contribution is -0.103. The molecule has 0 saturated heterocycles. The Hall–Kier alpha value is 0.0200. The van der Waals surface area contributed by atoms with Crippen molar-refractivity contribution in [3.63, 3.8) is 0 Å². The minimum atomic E-state index is -5.12. The zero-order chi connectivity index (χ0) is 10.2. The van der Waals surface area contributed by atoms with Gasteiger partial charge in [0.05, 0.1) is 0 Å². The van der Waals surface area contributed by atoms with Crippen molar-refractivity contribution >= 4 is 25.3 Å². The van der Waals surface area contributed by atoms with Gasteiger partial charge in [0, 0.05) is 0 Å². The van der Waals surface area contributed by atoms with Crippen LogP contribution in [0, 0.1) is 0 Å². The van der Waals surface area contributed by atoms with Crippen molar-refractivity contribution in [1.82, 2.24) is 0 Å². The predicted molar refractivity (Wildman–Crippen MR) is 37.1 cm³/mol. The third-order valence-electron chi connectivity index (χ3n) is 0.761. The standard InChI is InChI=1S/C4H2F6S2/c5-3(6,7)1(11)2(12)4(8,9)10/h11-12H. The predicted octanol–water partition coefficient (Wildman–Crippen LogP) is 3.18. The Morgan fingerprint density at radius 1 is 0.667 bits per heavy atom. The van der Waals surface area contributed by atoms with Crippen molar-refractivity contribution < 1.29 is 26.3 Å². The van der Waals surface area contributed by atoms with Crippen LogP contribution in [0.25, 0.3) is 0 Å². The fourth-order valence-corrected chi connectivity index (χ4v) is 0.522. The second-order valence-electron chi connectivity index (χ2n) is 1.69. The van der Waals surface area contributed by atoms with E-state index in [0.29, 0.717) is 0 Å². The summed E-state index contributed by atoms with van der Waals surface area (Å²) in [5.74, 6) is 0. The summed E-state index contributed by atoms with van der Waals surface area (Å²) < 4.78 is 69.3. The van der Waals surface area contributed by atoms with Gasteiger partial charge in [-0.2, -0.15) is 26.3 Å². The van der Waals surface area contributed by atoms with Crippen molar-refractivity contribution in [3.8, 4) is 0 Å².